The van der Waals surface area contributed by atoms with Gasteiger partial charge in [0.05, 0.1) is 17.0 Å². The molecular formula is C15H13Cl2F2NO3S. The van der Waals surface area contributed by atoms with E-state index in [9.17, 15) is 17.2 Å². The number of nitrogens with one attached hydrogen (secondary N) is 1. The molecule has 0 saturated carbocycles. The molecule has 0 aliphatic rings. The quantitative estimate of drug-likeness (QED) is 0.766. The van der Waals surface area contributed by atoms with Crippen molar-refractivity contribution in [3.05, 3.63) is 57.6 Å². The van der Waals surface area contributed by atoms with Gasteiger partial charge in [0.2, 0.25) is 10.0 Å². The molecule has 2 aromatic carbocycles. The summed E-state index contributed by atoms with van der Waals surface area (Å²) >= 11 is 11.6. The SMILES string of the molecule is COc1ccc(S(=O)(=O)NC(C)c2cc(F)c(Cl)cc2Cl)cc1F. The first-order valence-corrected chi connectivity index (χ1v) is 8.90. The molecule has 130 valence electrons. The molecule has 2 aromatic rings. The Labute approximate surface area is 148 Å². The van der Waals surface area contributed by atoms with E-state index >= 15 is 0 Å². The average Bonchev–Trinajstić information content (AvgIpc) is 2.50. The van der Waals surface area contributed by atoms with Crippen molar-refractivity contribution in [1.82, 2.24) is 4.72 Å². The molecule has 0 fully saturated rings. The highest BCUT2D eigenvalue weighted by atomic mass is 35.5. The Morgan fingerprint density at radius 1 is 1.08 bits per heavy atom. The van der Waals surface area contributed by atoms with Crippen molar-refractivity contribution in [1.29, 1.82) is 0 Å². The Balaban J connectivity index is 2.32. The van der Waals surface area contributed by atoms with E-state index in [0.717, 1.165) is 12.1 Å². The second-order valence-corrected chi connectivity index (χ2v) is 7.46. The maximum Gasteiger partial charge on any atom is 0.241 e. The summed E-state index contributed by atoms with van der Waals surface area (Å²) in [6, 6.07) is 4.60. The summed E-state index contributed by atoms with van der Waals surface area (Å²) in [5, 5.41) is -0.0615. The van der Waals surface area contributed by atoms with Crippen LogP contribution in [0, 0.1) is 11.6 Å². The van der Waals surface area contributed by atoms with Crippen molar-refractivity contribution in [2.45, 2.75) is 17.9 Å². The van der Waals surface area contributed by atoms with Gasteiger partial charge in [-0.25, -0.2) is 21.9 Å². The Morgan fingerprint density at radius 3 is 2.33 bits per heavy atom. The van der Waals surface area contributed by atoms with Crippen LogP contribution in [0.5, 0.6) is 5.75 Å². The maximum atomic E-state index is 13.7. The van der Waals surface area contributed by atoms with Crippen LogP contribution in [0.4, 0.5) is 8.78 Å². The number of hydrogen-bond donors (Lipinski definition) is 1. The third-order valence-corrected chi connectivity index (χ3v) is 5.43. The van der Waals surface area contributed by atoms with E-state index < -0.39 is 27.7 Å². The van der Waals surface area contributed by atoms with Gasteiger partial charge >= 0.3 is 0 Å². The number of halogens is 4. The Hall–Kier alpha value is -1.41. The first kappa shape index (κ1) is 18.9. The molecule has 0 radical (unpaired) electrons. The van der Waals surface area contributed by atoms with Crippen LogP contribution < -0.4 is 9.46 Å². The standard InChI is InChI=1S/C15H13Cl2F2NO3S/c1-8(10-6-13(18)12(17)7-11(10)16)20-24(21,22)9-3-4-15(23-2)14(19)5-9/h3-8,20H,1-2H3. The highest BCUT2D eigenvalue weighted by Crippen LogP contribution is 2.30. The average molecular weight is 396 g/mol. The van der Waals surface area contributed by atoms with Crippen molar-refractivity contribution in [3.63, 3.8) is 0 Å². The van der Waals surface area contributed by atoms with Gasteiger partial charge in [-0.3, -0.25) is 0 Å². The molecule has 24 heavy (non-hydrogen) atoms. The van der Waals surface area contributed by atoms with Gasteiger partial charge < -0.3 is 4.74 Å². The van der Waals surface area contributed by atoms with E-state index in [1.165, 1.54) is 32.2 Å². The van der Waals surface area contributed by atoms with Gasteiger partial charge in [0.1, 0.15) is 5.82 Å². The summed E-state index contributed by atoms with van der Waals surface area (Å²) in [5.41, 5.74) is 0.205. The predicted molar refractivity (Wildman–Crippen MR) is 88.1 cm³/mol. The van der Waals surface area contributed by atoms with Crippen LogP contribution in [0.2, 0.25) is 10.0 Å². The number of rotatable bonds is 5. The molecule has 1 atom stereocenters. The molecule has 0 aromatic heterocycles. The second-order valence-electron chi connectivity index (χ2n) is 4.93. The Kier molecular flexibility index (Phi) is 5.70. The lowest BCUT2D eigenvalue weighted by Gasteiger charge is -2.17. The van der Waals surface area contributed by atoms with Gasteiger partial charge in [-0.15, -0.1) is 0 Å². The van der Waals surface area contributed by atoms with Gasteiger partial charge in [-0.05, 0) is 42.8 Å². The largest absolute Gasteiger partial charge is 0.494 e. The Bertz CT molecular complexity index is 875. The zero-order valence-electron chi connectivity index (χ0n) is 12.6. The molecule has 0 aliphatic carbocycles. The van der Waals surface area contributed by atoms with E-state index in [-0.39, 0.29) is 26.3 Å². The lowest BCUT2D eigenvalue weighted by molar-refractivity contribution is 0.385. The van der Waals surface area contributed by atoms with Crippen molar-refractivity contribution in [2.24, 2.45) is 0 Å². The molecule has 0 heterocycles. The predicted octanol–water partition coefficient (Wildman–Crippen LogP) is 4.32. The number of sulfonamides is 1. The monoisotopic (exact) mass is 395 g/mol. The van der Waals surface area contributed by atoms with E-state index in [1.807, 2.05) is 0 Å². The van der Waals surface area contributed by atoms with Crippen molar-refractivity contribution in [2.75, 3.05) is 7.11 Å². The molecule has 1 N–H and O–H groups in total. The lowest BCUT2D eigenvalue weighted by Crippen LogP contribution is -2.27. The molecular weight excluding hydrogens is 383 g/mol. The summed E-state index contributed by atoms with van der Waals surface area (Å²) in [5.74, 6) is -1.62. The van der Waals surface area contributed by atoms with Crippen LogP contribution in [0.15, 0.2) is 35.2 Å². The lowest BCUT2D eigenvalue weighted by atomic mass is 10.1. The minimum absolute atomic E-state index is 0.0789. The normalized spacial score (nSPS) is 12.9. The molecule has 0 amide bonds. The van der Waals surface area contributed by atoms with Gasteiger partial charge in [-0.2, -0.15) is 0 Å². The summed E-state index contributed by atoms with van der Waals surface area (Å²) in [7, 11) is -2.79. The number of methoxy groups -OCH3 is 1. The van der Waals surface area contributed by atoms with Crippen LogP contribution in [0.25, 0.3) is 0 Å². The molecule has 4 nitrogen and oxygen atoms in total. The minimum atomic E-state index is -4.05. The highest BCUT2D eigenvalue weighted by Gasteiger charge is 2.22. The van der Waals surface area contributed by atoms with Crippen molar-refractivity contribution < 1.29 is 21.9 Å². The van der Waals surface area contributed by atoms with Crippen molar-refractivity contribution >= 4 is 33.2 Å². The van der Waals surface area contributed by atoms with E-state index in [4.69, 9.17) is 27.9 Å². The van der Waals surface area contributed by atoms with Gasteiger partial charge in [-0.1, -0.05) is 23.2 Å². The molecule has 9 heteroatoms. The maximum absolute atomic E-state index is 13.7. The summed E-state index contributed by atoms with van der Waals surface area (Å²) in [6.07, 6.45) is 0. The highest BCUT2D eigenvalue weighted by molar-refractivity contribution is 7.89. The second kappa shape index (κ2) is 7.23. The van der Waals surface area contributed by atoms with Crippen LogP contribution in [0.3, 0.4) is 0 Å². The van der Waals surface area contributed by atoms with E-state index in [0.29, 0.717) is 0 Å². The fourth-order valence-electron chi connectivity index (χ4n) is 2.05. The first-order chi connectivity index (χ1) is 11.2. The minimum Gasteiger partial charge on any atom is -0.494 e. The van der Waals surface area contributed by atoms with Crippen LogP contribution in [0.1, 0.15) is 18.5 Å². The summed E-state index contributed by atoms with van der Waals surface area (Å²) < 4.78 is 59.0. The van der Waals surface area contributed by atoms with Crippen LogP contribution in [-0.2, 0) is 10.0 Å². The number of ether oxygens (including phenoxy) is 1. The zero-order chi connectivity index (χ0) is 18.1. The van der Waals surface area contributed by atoms with E-state index in [2.05, 4.69) is 4.72 Å². The Morgan fingerprint density at radius 2 is 1.75 bits per heavy atom. The van der Waals surface area contributed by atoms with Gasteiger partial charge in [0.15, 0.2) is 11.6 Å². The van der Waals surface area contributed by atoms with Gasteiger partial charge in [0.25, 0.3) is 0 Å². The topological polar surface area (TPSA) is 55.4 Å². The number of benzene rings is 2. The fourth-order valence-corrected chi connectivity index (χ4v) is 3.83. The van der Waals surface area contributed by atoms with Crippen LogP contribution in [-0.4, -0.2) is 15.5 Å². The molecule has 2 rings (SSSR count). The van der Waals surface area contributed by atoms with Gasteiger partial charge in [0, 0.05) is 11.1 Å². The fraction of sp³-hybridized carbons (Fsp3) is 0.200. The smallest absolute Gasteiger partial charge is 0.241 e. The number of hydrogen-bond acceptors (Lipinski definition) is 3. The molecule has 0 saturated heterocycles. The molecule has 0 bridgehead atoms. The van der Waals surface area contributed by atoms with Crippen LogP contribution >= 0.6 is 23.2 Å². The molecule has 0 aliphatic heterocycles. The summed E-state index contributed by atoms with van der Waals surface area (Å²) in [4.78, 5) is -0.293. The third kappa shape index (κ3) is 3.97. The zero-order valence-corrected chi connectivity index (χ0v) is 14.9. The first-order valence-electron chi connectivity index (χ1n) is 6.66. The summed E-state index contributed by atoms with van der Waals surface area (Å²) in [6.45, 7) is 1.48. The third-order valence-electron chi connectivity index (χ3n) is 3.27. The molecule has 0 spiro atoms. The van der Waals surface area contributed by atoms with Crippen molar-refractivity contribution in [3.8, 4) is 5.75 Å². The van der Waals surface area contributed by atoms with E-state index in [1.54, 1.807) is 0 Å². The molecule has 1 unspecified atom stereocenters.